The lowest BCUT2D eigenvalue weighted by molar-refractivity contribution is -0.140. The Kier molecular flexibility index (Phi) is 9.69. The van der Waals surface area contributed by atoms with E-state index in [-0.39, 0.29) is 17.3 Å². The van der Waals surface area contributed by atoms with Crippen LogP contribution in [0.2, 0.25) is 10.0 Å². The van der Waals surface area contributed by atoms with Crippen molar-refractivity contribution < 1.29 is 18.0 Å². The Morgan fingerprint density at radius 1 is 0.923 bits per heavy atom. The molecule has 0 aromatic heterocycles. The van der Waals surface area contributed by atoms with Crippen molar-refractivity contribution in [2.45, 2.75) is 57.6 Å². The number of nitrogens with one attached hydrogen (secondary N) is 1. The summed E-state index contributed by atoms with van der Waals surface area (Å²) in [5.41, 5.74) is 1.28. The second-order valence-corrected chi connectivity index (χ2v) is 13.0. The first-order chi connectivity index (χ1) is 18.2. The minimum atomic E-state index is -4.11. The Bertz CT molecular complexity index is 1440. The van der Waals surface area contributed by atoms with Gasteiger partial charge in [-0.25, -0.2) is 8.42 Å². The molecule has 39 heavy (non-hydrogen) atoms. The molecule has 3 aromatic rings. The van der Waals surface area contributed by atoms with Gasteiger partial charge in [-0.3, -0.25) is 13.9 Å². The fraction of sp³-hybridized carbons (Fsp3) is 0.310. The number of benzene rings is 3. The van der Waals surface area contributed by atoms with Gasteiger partial charge in [-0.1, -0.05) is 59.6 Å². The van der Waals surface area contributed by atoms with Crippen LogP contribution in [0.4, 0.5) is 5.69 Å². The molecule has 0 radical (unpaired) electrons. The first-order valence-corrected chi connectivity index (χ1v) is 14.6. The van der Waals surface area contributed by atoms with Gasteiger partial charge in [-0.15, -0.1) is 0 Å². The van der Waals surface area contributed by atoms with Gasteiger partial charge in [0.05, 0.1) is 20.6 Å². The Morgan fingerprint density at radius 2 is 1.59 bits per heavy atom. The van der Waals surface area contributed by atoms with E-state index in [4.69, 9.17) is 23.2 Å². The first kappa shape index (κ1) is 30.5. The highest BCUT2D eigenvalue weighted by Gasteiger charge is 2.33. The summed E-state index contributed by atoms with van der Waals surface area (Å²) in [5, 5.41) is 3.56. The van der Waals surface area contributed by atoms with Gasteiger partial charge in [0.1, 0.15) is 12.6 Å². The van der Waals surface area contributed by atoms with Crippen LogP contribution in [-0.4, -0.2) is 43.3 Å². The summed E-state index contributed by atoms with van der Waals surface area (Å²) in [5.74, 6) is -0.928. The summed E-state index contributed by atoms with van der Waals surface area (Å²) in [4.78, 5) is 28.5. The van der Waals surface area contributed by atoms with E-state index in [0.717, 1.165) is 9.87 Å². The molecule has 0 aliphatic rings. The zero-order valence-electron chi connectivity index (χ0n) is 22.6. The van der Waals surface area contributed by atoms with Crippen LogP contribution in [0.3, 0.4) is 0 Å². The van der Waals surface area contributed by atoms with Crippen LogP contribution < -0.4 is 9.62 Å². The Balaban J connectivity index is 2.04. The molecule has 0 aliphatic carbocycles. The maximum Gasteiger partial charge on any atom is 0.264 e. The SMILES string of the molecule is Cc1cccc(N(CC(=O)N(Cc2ccc(Cl)c(Cl)c2)[C@@H](C)C(=O)NC(C)(C)C)S(=O)(=O)c2ccccc2)c1. The number of rotatable bonds is 9. The number of aryl methyl sites for hydroxylation is 1. The number of nitrogens with zero attached hydrogens (tertiary/aromatic N) is 2. The summed E-state index contributed by atoms with van der Waals surface area (Å²) in [6, 6.07) is 18.9. The van der Waals surface area contributed by atoms with E-state index in [1.165, 1.54) is 17.0 Å². The Morgan fingerprint density at radius 3 is 2.18 bits per heavy atom. The van der Waals surface area contributed by atoms with E-state index in [0.29, 0.717) is 21.3 Å². The van der Waals surface area contributed by atoms with Crippen molar-refractivity contribution in [2.24, 2.45) is 0 Å². The van der Waals surface area contributed by atoms with Gasteiger partial charge >= 0.3 is 0 Å². The maximum atomic E-state index is 13.9. The number of hydrogen-bond acceptors (Lipinski definition) is 4. The van der Waals surface area contributed by atoms with Crippen molar-refractivity contribution in [3.05, 3.63) is 94.0 Å². The van der Waals surface area contributed by atoms with E-state index < -0.39 is 34.1 Å². The van der Waals surface area contributed by atoms with Crippen LogP contribution in [0, 0.1) is 6.92 Å². The van der Waals surface area contributed by atoms with Crippen LogP contribution in [0.1, 0.15) is 38.8 Å². The third-order valence-electron chi connectivity index (χ3n) is 5.90. The van der Waals surface area contributed by atoms with E-state index in [9.17, 15) is 18.0 Å². The number of hydrogen-bond donors (Lipinski definition) is 1. The molecule has 10 heteroatoms. The molecule has 0 saturated carbocycles. The lowest BCUT2D eigenvalue weighted by Gasteiger charge is -2.33. The van der Waals surface area contributed by atoms with Crippen molar-refractivity contribution in [3.63, 3.8) is 0 Å². The van der Waals surface area contributed by atoms with Crippen LogP contribution in [0.25, 0.3) is 0 Å². The highest BCUT2D eigenvalue weighted by Crippen LogP contribution is 2.27. The predicted molar refractivity (Wildman–Crippen MR) is 157 cm³/mol. The predicted octanol–water partition coefficient (Wildman–Crippen LogP) is 5.83. The summed E-state index contributed by atoms with van der Waals surface area (Å²) in [7, 11) is -4.11. The summed E-state index contributed by atoms with van der Waals surface area (Å²) in [6.07, 6.45) is 0. The largest absolute Gasteiger partial charge is 0.350 e. The lowest BCUT2D eigenvalue weighted by Crippen LogP contribution is -2.54. The average Bonchev–Trinajstić information content (AvgIpc) is 2.86. The molecule has 0 fully saturated rings. The van der Waals surface area contributed by atoms with Crippen molar-refractivity contribution in [1.29, 1.82) is 0 Å². The molecule has 1 N–H and O–H groups in total. The van der Waals surface area contributed by atoms with Gasteiger partial charge in [0.15, 0.2) is 0 Å². The highest BCUT2D eigenvalue weighted by atomic mass is 35.5. The standard InChI is InChI=1S/C29H33Cl2N3O4S/c1-20-10-9-11-23(16-20)34(39(37,38)24-12-7-6-8-13-24)19-27(35)33(21(2)28(36)32-29(3,4)5)18-22-14-15-25(30)26(31)17-22/h6-17,21H,18-19H2,1-5H3,(H,32,36)/t21-/m0/s1. The number of halogens is 2. The van der Waals surface area contributed by atoms with Crippen LogP contribution >= 0.6 is 23.2 Å². The van der Waals surface area contributed by atoms with E-state index >= 15 is 0 Å². The van der Waals surface area contributed by atoms with E-state index in [2.05, 4.69) is 5.32 Å². The Hall–Kier alpha value is -3.07. The molecule has 3 aromatic carbocycles. The van der Waals surface area contributed by atoms with Gasteiger partial charge < -0.3 is 10.2 Å². The minimum Gasteiger partial charge on any atom is -0.350 e. The smallest absolute Gasteiger partial charge is 0.264 e. The molecule has 0 heterocycles. The second-order valence-electron chi connectivity index (χ2n) is 10.3. The average molecular weight is 591 g/mol. The van der Waals surface area contributed by atoms with E-state index in [1.807, 2.05) is 33.8 Å². The lowest BCUT2D eigenvalue weighted by atomic mass is 10.1. The zero-order valence-corrected chi connectivity index (χ0v) is 24.9. The molecule has 7 nitrogen and oxygen atoms in total. The van der Waals surface area contributed by atoms with Crippen LogP contribution in [0.15, 0.2) is 77.7 Å². The van der Waals surface area contributed by atoms with Crippen molar-refractivity contribution in [2.75, 3.05) is 10.8 Å². The molecular formula is C29H33Cl2N3O4S. The maximum absolute atomic E-state index is 13.9. The third-order valence-corrected chi connectivity index (χ3v) is 8.43. The molecule has 0 aliphatic heterocycles. The number of carbonyl (C=O) groups excluding carboxylic acids is 2. The quantitative estimate of drug-likeness (QED) is 0.340. The molecule has 0 bridgehead atoms. The molecule has 0 unspecified atom stereocenters. The molecule has 1 atom stereocenters. The summed E-state index contributed by atoms with van der Waals surface area (Å²) < 4.78 is 28.6. The highest BCUT2D eigenvalue weighted by molar-refractivity contribution is 7.92. The van der Waals surface area contributed by atoms with Gasteiger partial charge in [0.2, 0.25) is 11.8 Å². The van der Waals surface area contributed by atoms with Gasteiger partial charge in [-0.05, 0) is 82.1 Å². The fourth-order valence-corrected chi connectivity index (χ4v) is 5.67. The molecular weight excluding hydrogens is 557 g/mol. The summed E-state index contributed by atoms with van der Waals surface area (Å²) in [6.45, 7) is 8.47. The van der Waals surface area contributed by atoms with Crippen LogP contribution in [-0.2, 0) is 26.2 Å². The van der Waals surface area contributed by atoms with Crippen molar-refractivity contribution in [3.8, 4) is 0 Å². The number of amides is 2. The molecule has 208 valence electrons. The van der Waals surface area contributed by atoms with Gasteiger partial charge in [0, 0.05) is 12.1 Å². The third kappa shape index (κ3) is 7.97. The Labute approximate surface area is 240 Å². The molecule has 2 amide bonds. The number of carbonyl (C=O) groups is 2. The van der Waals surface area contributed by atoms with Crippen LogP contribution in [0.5, 0.6) is 0 Å². The topological polar surface area (TPSA) is 86.8 Å². The minimum absolute atomic E-state index is 0.0154. The molecule has 0 spiro atoms. The van der Waals surface area contributed by atoms with Gasteiger partial charge in [-0.2, -0.15) is 0 Å². The first-order valence-electron chi connectivity index (χ1n) is 12.4. The summed E-state index contributed by atoms with van der Waals surface area (Å²) >= 11 is 12.3. The second kappa shape index (κ2) is 12.4. The fourth-order valence-electron chi connectivity index (χ4n) is 3.92. The number of sulfonamides is 1. The molecule has 0 saturated heterocycles. The van der Waals surface area contributed by atoms with Crippen molar-refractivity contribution >= 4 is 50.7 Å². The molecule has 3 rings (SSSR count). The normalized spacial score (nSPS) is 12.5. The monoisotopic (exact) mass is 589 g/mol. The zero-order chi connectivity index (χ0) is 29.0. The van der Waals surface area contributed by atoms with Gasteiger partial charge in [0.25, 0.3) is 10.0 Å². The van der Waals surface area contributed by atoms with Crippen molar-refractivity contribution in [1.82, 2.24) is 10.2 Å². The number of anilines is 1. The van der Waals surface area contributed by atoms with E-state index in [1.54, 1.807) is 61.5 Å².